The van der Waals surface area contributed by atoms with Gasteiger partial charge in [0.1, 0.15) is 12.4 Å². The highest BCUT2D eigenvalue weighted by atomic mass is 16.2. The van der Waals surface area contributed by atoms with Crippen LogP contribution in [0.15, 0.2) is 71.5 Å². The molecule has 1 amide bonds. The van der Waals surface area contributed by atoms with Gasteiger partial charge in [-0.2, -0.15) is 0 Å². The summed E-state index contributed by atoms with van der Waals surface area (Å²) in [5, 5.41) is 2.99. The first kappa shape index (κ1) is 19.5. The molecule has 1 aromatic heterocycles. The minimum Gasteiger partial charge on any atom is -0.352 e. The molecule has 2 aromatic carbocycles. The van der Waals surface area contributed by atoms with Gasteiger partial charge in [-0.25, -0.2) is 4.98 Å². The molecule has 1 atom stereocenters. The topological polar surface area (TPSA) is 64.0 Å². The Bertz CT molecular complexity index is 982. The van der Waals surface area contributed by atoms with Crippen molar-refractivity contribution >= 4 is 5.91 Å². The zero-order valence-corrected chi connectivity index (χ0v) is 16.3. The molecule has 0 aliphatic heterocycles. The first-order chi connectivity index (χ1) is 13.5. The lowest BCUT2D eigenvalue weighted by Gasteiger charge is -2.16. The Kier molecular flexibility index (Phi) is 6.37. The highest BCUT2D eigenvalue weighted by Gasteiger charge is 2.14. The summed E-state index contributed by atoms with van der Waals surface area (Å²) in [6, 6.07) is 21.1. The molecular weight excluding hydrogens is 350 g/mol. The third-order valence-electron chi connectivity index (χ3n) is 4.59. The van der Waals surface area contributed by atoms with Crippen molar-refractivity contribution < 1.29 is 4.79 Å². The maximum Gasteiger partial charge on any atom is 0.254 e. The normalized spacial score (nSPS) is 11.8. The van der Waals surface area contributed by atoms with E-state index in [0.717, 1.165) is 18.4 Å². The largest absolute Gasteiger partial charge is 0.352 e. The van der Waals surface area contributed by atoms with Gasteiger partial charge in [0.15, 0.2) is 0 Å². The van der Waals surface area contributed by atoms with Gasteiger partial charge in [0.2, 0.25) is 5.91 Å². The number of nitrogens with zero attached hydrogens (tertiary/aromatic N) is 2. The molecule has 3 aromatic rings. The van der Waals surface area contributed by atoms with Crippen LogP contribution < -0.4 is 10.9 Å². The van der Waals surface area contributed by atoms with E-state index < -0.39 is 0 Å². The Morgan fingerprint density at radius 3 is 2.39 bits per heavy atom. The quantitative estimate of drug-likeness (QED) is 0.689. The summed E-state index contributed by atoms with van der Waals surface area (Å²) >= 11 is 0. The highest BCUT2D eigenvalue weighted by molar-refractivity contribution is 5.76. The molecule has 0 unspecified atom stereocenters. The zero-order valence-electron chi connectivity index (χ0n) is 16.3. The SMILES string of the molecule is Cc1cc(=O)n(CC(=O)N[C@@H](C)CCc2ccccc2)c(-c2ccccc2)n1. The second kappa shape index (κ2) is 9.13. The first-order valence-corrected chi connectivity index (χ1v) is 9.50. The molecule has 0 radical (unpaired) electrons. The highest BCUT2D eigenvalue weighted by Crippen LogP contribution is 2.15. The fourth-order valence-electron chi connectivity index (χ4n) is 3.15. The molecule has 28 heavy (non-hydrogen) atoms. The molecule has 0 spiro atoms. The lowest BCUT2D eigenvalue weighted by atomic mass is 10.1. The number of nitrogens with one attached hydrogen (secondary N) is 1. The van der Waals surface area contributed by atoms with E-state index in [9.17, 15) is 9.59 Å². The number of benzene rings is 2. The molecule has 0 saturated carbocycles. The first-order valence-electron chi connectivity index (χ1n) is 9.50. The lowest BCUT2D eigenvalue weighted by molar-refractivity contribution is -0.122. The van der Waals surface area contributed by atoms with Crippen LogP contribution in [0.25, 0.3) is 11.4 Å². The van der Waals surface area contributed by atoms with Crippen LogP contribution in [-0.4, -0.2) is 21.5 Å². The molecular formula is C23H25N3O2. The van der Waals surface area contributed by atoms with Crippen LogP contribution in [0.3, 0.4) is 0 Å². The third-order valence-corrected chi connectivity index (χ3v) is 4.59. The van der Waals surface area contributed by atoms with Crippen LogP contribution in [-0.2, 0) is 17.8 Å². The Morgan fingerprint density at radius 2 is 1.71 bits per heavy atom. The molecule has 0 aliphatic rings. The van der Waals surface area contributed by atoms with E-state index in [2.05, 4.69) is 22.4 Å². The Balaban J connectivity index is 1.69. The van der Waals surface area contributed by atoms with Crippen molar-refractivity contribution in [2.24, 2.45) is 0 Å². The Morgan fingerprint density at radius 1 is 1.07 bits per heavy atom. The second-order valence-corrected chi connectivity index (χ2v) is 7.00. The maximum absolute atomic E-state index is 12.6. The summed E-state index contributed by atoms with van der Waals surface area (Å²) in [7, 11) is 0. The van der Waals surface area contributed by atoms with E-state index in [-0.39, 0.29) is 24.1 Å². The average molecular weight is 375 g/mol. The van der Waals surface area contributed by atoms with Crippen molar-refractivity contribution in [1.29, 1.82) is 0 Å². The van der Waals surface area contributed by atoms with Gasteiger partial charge in [-0.1, -0.05) is 60.7 Å². The Hall–Kier alpha value is -3.21. The summed E-state index contributed by atoms with van der Waals surface area (Å²) < 4.78 is 1.43. The van der Waals surface area contributed by atoms with Crippen LogP contribution in [0.2, 0.25) is 0 Å². The minimum absolute atomic E-state index is 0.0157. The molecule has 0 fully saturated rings. The Labute approximate surface area is 165 Å². The van der Waals surface area contributed by atoms with Gasteiger partial charge < -0.3 is 5.32 Å². The monoisotopic (exact) mass is 375 g/mol. The molecule has 3 rings (SSSR count). The van der Waals surface area contributed by atoms with E-state index in [1.54, 1.807) is 6.92 Å². The van der Waals surface area contributed by atoms with Crippen molar-refractivity contribution in [3.05, 3.63) is 88.3 Å². The number of rotatable bonds is 7. The molecule has 0 saturated heterocycles. The third kappa shape index (κ3) is 5.16. The fourth-order valence-corrected chi connectivity index (χ4v) is 3.15. The number of carbonyl (C=O) groups is 1. The smallest absolute Gasteiger partial charge is 0.254 e. The van der Waals surface area contributed by atoms with E-state index in [1.807, 2.05) is 55.5 Å². The lowest BCUT2D eigenvalue weighted by Crippen LogP contribution is -2.38. The molecule has 5 nitrogen and oxygen atoms in total. The molecule has 0 aliphatic carbocycles. The fraction of sp³-hybridized carbons (Fsp3) is 0.261. The van der Waals surface area contributed by atoms with Gasteiger partial charge in [-0.05, 0) is 32.3 Å². The van der Waals surface area contributed by atoms with Gasteiger partial charge in [0.05, 0.1) is 0 Å². The summed E-state index contributed by atoms with van der Waals surface area (Å²) in [6.07, 6.45) is 1.73. The maximum atomic E-state index is 12.6. The number of aryl methyl sites for hydroxylation is 2. The van der Waals surface area contributed by atoms with Crippen molar-refractivity contribution in [1.82, 2.24) is 14.9 Å². The van der Waals surface area contributed by atoms with E-state index >= 15 is 0 Å². The van der Waals surface area contributed by atoms with Gasteiger partial charge in [-0.15, -0.1) is 0 Å². The molecule has 1 heterocycles. The predicted molar refractivity (Wildman–Crippen MR) is 111 cm³/mol. The second-order valence-electron chi connectivity index (χ2n) is 7.00. The number of hydrogen-bond donors (Lipinski definition) is 1. The van der Waals surface area contributed by atoms with Crippen LogP contribution in [0.5, 0.6) is 0 Å². The summed E-state index contributed by atoms with van der Waals surface area (Å²) in [5.41, 5.74) is 2.47. The van der Waals surface area contributed by atoms with Crippen molar-refractivity contribution in [2.75, 3.05) is 0 Å². The molecule has 0 bridgehead atoms. The van der Waals surface area contributed by atoms with Crippen LogP contribution in [0.1, 0.15) is 24.6 Å². The summed E-state index contributed by atoms with van der Waals surface area (Å²) in [4.78, 5) is 29.6. The molecule has 1 N–H and O–H groups in total. The summed E-state index contributed by atoms with van der Waals surface area (Å²) in [5.74, 6) is 0.322. The number of hydrogen-bond acceptors (Lipinski definition) is 3. The zero-order chi connectivity index (χ0) is 19.9. The van der Waals surface area contributed by atoms with Crippen LogP contribution in [0, 0.1) is 6.92 Å². The van der Waals surface area contributed by atoms with Gasteiger partial charge in [0.25, 0.3) is 5.56 Å². The van der Waals surface area contributed by atoms with Gasteiger partial charge >= 0.3 is 0 Å². The van der Waals surface area contributed by atoms with Crippen LogP contribution >= 0.6 is 0 Å². The standard InChI is InChI=1S/C23H25N3O2/c1-17(13-14-19-9-5-3-6-10-19)24-21(27)16-26-22(28)15-18(2)25-23(26)20-11-7-4-8-12-20/h3-12,15,17H,13-14,16H2,1-2H3,(H,24,27)/t17-/m0/s1. The van der Waals surface area contributed by atoms with E-state index in [1.165, 1.54) is 16.2 Å². The average Bonchev–Trinajstić information content (AvgIpc) is 2.69. The molecule has 5 heteroatoms. The van der Waals surface area contributed by atoms with Crippen molar-refractivity contribution in [3.63, 3.8) is 0 Å². The van der Waals surface area contributed by atoms with Gasteiger partial charge in [-0.3, -0.25) is 14.2 Å². The van der Waals surface area contributed by atoms with Crippen LogP contribution in [0.4, 0.5) is 0 Å². The summed E-state index contributed by atoms with van der Waals surface area (Å²) in [6.45, 7) is 3.71. The number of aromatic nitrogens is 2. The van der Waals surface area contributed by atoms with E-state index in [4.69, 9.17) is 0 Å². The minimum atomic E-state index is -0.224. The van der Waals surface area contributed by atoms with Crippen molar-refractivity contribution in [2.45, 2.75) is 39.3 Å². The van der Waals surface area contributed by atoms with Gasteiger partial charge in [0, 0.05) is 23.4 Å². The number of amides is 1. The number of carbonyl (C=O) groups excluding carboxylic acids is 1. The van der Waals surface area contributed by atoms with E-state index in [0.29, 0.717) is 11.5 Å². The predicted octanol–water partition coefficient (Wildman–Crippen LogP) is 3.36. The molecule has 144 valence electrons. The van der Waals surface area contributed by atoms with Crippen molar-refractivity contribution in [3.8, 4) is 11.4 Å².